The van der Waals surface area contributed by atoms with Crippen molar-refractivity contribution in [3.05, 3.63) is 111 Å². The summed E-state index contributed by atoms with van der Waals surface area (Å²) in [6, 6.07) is 23.1. The van der Waals surface area contributed by atoms with Gasteiger partial charge in [0.15, 0.2) is 5.78 Å². The lowest BCUT2D eigenvalue weighted by atomic mass is 9.98. The van der Waals surface area contributed by atoms with Crippen molar-refractivity contribution in [1.82, 2.24) is 9.97 Å². The van der Waals surface area contributed by atoms with Crippen LogP contribution in [0.3, 0.4) is 0 Å². The molecule has 0 fully saturated rings. The highest BCUT2D eigenvalue weighted by molar-refractivity contribution is 6.32. The Labute approximate surface area is 166 Å². The zero-order chi connectivity index (χ0) is 19.5. The second-order valence-corrected chi connectivity index (χ2v) is 6.67. The van der Waals surface area contributed by atoms with Gasteiger partial charge in [0.25, 0.3) is 5.56 Å². The van der Waals surface area contributed by atoms with E-state index in [0.717, 1.165) is 5.56 Å². The number of aromatic nitrogens is 2. The molecule has 1 heterocycles. The number of carbonyl (C=O) groups is 1. The van der Waals surface area contributed by atoms with Gasteiger partial charge in [-0.15, -0.1) is 0 Å². The lowest BCUT2D eigenvalue weighted by Crippen LogP contribution is -2.18. The van der Waals surface area contributed by atoms with Gasteiger partial charge in [-0.3, -0.25) is 9.59 Å². The largest absolute Gasteiger partial charge is 0.319 e. The number of fused-ring (bicyclic) bond motifs is 1. The van der Waals surface area contributed by atoms with E-state index in [1.807, 2.05) is 18.2 Å². The minimum absolute atomic E-state index is 0.0857. The van der Waals surface area contributed by atoms with Crippen LogP contribution in [0.5, 0.6) is 0 Å². The topological polar surface area (TPSA) is 62.8 Å². The maximum atomic E-state index is 13.2. The number of Topliss-reactive ketones (excluding diaryl/α,β-unsaturated/α-hetero) is 1. The maximum Gasteiger partial charge on any atom is 0.275 e. The number of nitrogens with one attached hydrogen (secondary N) is 1. The number of H-pyrrole nitrogens is 1. The Balaban J connectivity index is 1.93. The van der Waals surface area contributed by atoms with Crippen LogP contribution in [0, 0.1) is 0 Å². The molecule has 3 aromatic carbocycles. The van der Waals surface area contributed by atoms with Crippen LogP contribution >= 0.6 is 11.6 Å². The molecule has 4 aromatic rings. The number of aromatic amines is 1. The number of allylic oxidation sites excluding steroid dienone is 1. The summed E-state index contributed by atoms with van der Waals surface area (Å²) >= 11 is 5.96. The number of nitrogens with zero attached hydrogens (tertiary/aromatic N) is 1. The van der Waals surface area contributed by atoms with Crippen LogP contribution in [0.1, 0.15) is 21.6 Å². The molecule has 0 aliphatic carbocycles. The highest BCUT2D eigenvalue weighted by Crippen LogP contribution is 2.22. The number of rotatable bonds is 4. The summed E-state index contributed by atoms with van der Waals surface area (Å²) in [6.07, 6.45) is 1.66. The lowest BCUT2D eigenvalue weighted by Gasteiger charge is -2.08. The van der Waals surface area contributed by atoms with Gasteiger partial charge in [-0.2, -0.15) is 0 Å². The van der Waals surface area contributed by atoms with E-state index in [-0.39, 0.29) is 17.1 Å². The predicted molar refractivity (Wildman–Crippen MR) is 112 cm³/mol. The number of carbonyl (C=O) groups excluding carboxylic acids is 1. The fourth-order valence-corrected chi connectivity index (χ4v) is 3.05. The summed E-state index contributed by atoms with van der Waals surface area (Å²) in [7, 11) is 0. The van der Waals surface area contributed by atoms with Crippen molar-refractivity contribution in [3.8, 4) is 0 Å². The molecule has 0 saturated heterocycles. The molecule has 4 rings (SSSR count). The number of hydrogen-bond donors (Lipinski definition) is 1. The van der Waals surface area contributed by atoms with Crippen molar-refractivity contribution >= 4 is 40.1 Å². The van der Waals surface area contributed by atoms with E-state index in [9.17, 15) is 9.59 Å². The number of hydrogen-bond acceptors (Lipinski definition) is 3. The minimum Gasteiger partial charge on any atom is -0.319 e. The highest BCUT2D eigenvalue weighted by atomic mass is 35.5. The molecule has 0 aliphatic rings. The third-order valence-electron chi connectivity index (χ3n) is 4.32. The van der Waals surface area contributed by atoms with Crippen molar-refractivity contribution in [2.24, 2.45) is 0 Å². The first-order valence-corrected chi connectivity index (χ1v) is 9.06. The Bertz CT molecular complexity index is 1240. The molecule has 136 valence electrons. The second-order valence-electron chi connectivity index (χ2n) is 6.24. The van der Waals surface area contributed by atoms with Crippen LogP contribution in [0.4, 0.5) is 0 Å². The molecule has 0 unspecified atom stereocenters. The van der Waals surface area contributed by atoms with Crippen LogP contribution < -0.4 is 5.56 Å². The number of para-hydroxylation sites is 2. The van der Waals surface area contributed by atoms with E-state index >= 15 is 0 Å². The molecule has 0 saturated carbocycles. The first-order chi connectivity index (χ1) is 13.6. The van der Waals surface area contributed by atoms with Gasteiger partial charge >= 0.3 is 0 Å². The summed E-state index contributed by atoms with van der Waals surface area (Å²) in [6.45, 7) is 0. The van der Waals surface area contributed by atoms with Crippen LogP contribution in [0.15, 0.2) is 83.7 Å². The molecule has 0 radical (unpaired) electrons. The molecular formula is C23H15ClN2O2. The summed E-state index contributed by atoms with van der Waals surface area (Å²) in [5.74, 6) is -0.274. The summed E-state index contributed by atoms with van der Waals surface area (Å²) < 4.78 is 0. The van der Waals surface area contributed by atoms with Crippen LogP contribution in [-0.4, -0.2) is 15.8 Å². The average molecular weight is 387 g/mol. The summed E-state index contributed by atoms with van der Waals surface area (Å²) in [5.41, 5.74) is 2.36. The molecule has 0 aliphatic heterocycles. The molecule has 28 heavy (non-hydrogen) atoms. The van der Waals surface area contributed by atoms with E-state index < -0.39 is 5.56 Å². The normalized spacial score (nSPS) is 11.5. The summed E-state index contributed by atoms with van der Waals surface area (Å²) in [4.78, 5) is 33.2. The van der Waals surface area contributed by atoms with Crippen molar-refractivity contribution in [1.29, 1.82) is 0 Å². The Morgan fingerprint density at radius 3 is 2.32 bits per heavy atom. The molecule has 4 nitrogen and oxygen atoms in total. The zero-order valence-electron chi connectivity index (χ0n) is 14.7. The minimum atomic E-state index is -0.414. The zero-order valence-corrected chi connectivity index (χ0v) is 15.5. The highest BCUT2D eigenvalue weighted by Gasteiger charge is 2.19. The average Bonchev–Trinajstić information content (AvgIpc) is 2.73. The Morgan fingerprint density at radius 2 is 1.57 bits per heavy atom. The number of benzene rings is 3. The van der Waals surface area contributed by atoms with Gasteiger partial charge in [-0.05, 0) is 35.9 Å². The maximum absolute atomic E-state index is 13.2. The molecule has 0 spiro atoms. The van der Waals surface area contributed by atoms with Gasteiger partial charge in [-0.25, -0.2) is 4.98 Å². The Kier molecular flexibility index (Phi) is 4.87. The first-order valence-electron chi connectivity index (χ1n) is 8.68. The van der Waals surface area contributed by atoms with Gasteiger partial charge in [0.2, 0.25) is 0 Å². The van der Waals surface area contributed by atoms with Crippen molar-refractivity contribution in [2.75, 3.05) is 0 Å². The van der Waals surface area contributed by atoms with Gasteiger partial charge < -0.3 is 4.98 Å². The molecule has 0 bridgehead atoms. The smallest absolute Gasteiger partial charge is 0.275 e. The van der Waals surface area contributed by atoms with Gasteiger partial charge in [0.1, 0.15) is 5.69 Å². The van der Waals surface area contributed by atoms with E-state index in [4.69, 9.17) is 11.6 Å². The standard InChI is InChI=1S/C23H15ClN2O2/c24-17-12-10-15(11-13-17)14-18(22(27)16-6-2-1-3-7-16)21-23(28)26-20-9-5-4-8-19(20)25-21/h1-14H,(H,26,28)/b18-14-. The van der Waals surface area contributed by atoms with Gasteiger partial charge in [0, 0.05) is 10.6 Å². The Morgan fingerprint density at radius 1 is 0.893 bits per heavy atom. The third-order valence-corrected chi connectivity index (χ3v) is 4.57. The number of halogens is 1. The van der Waals surface area contributed by atoms with E-state index in [1.54, 1.807) is 66.7 Å². The first kappa shape index (κ1) is 17.9. The van der Waals surface area contributed by atoms with Crippen LogP contribution in [0.25, 0.3) is 22.7 Å². The quantitative estimate of drug-likeness (QED) is 0.396. The van der Waals surface area contributed by atoms with E-state index in [1.165, 1.54) is 0 Å². The molecule has 1 N–H and O–H groups in total. The van der Waals surface area contributed by atoms with E-state index in [0.29, 0.717) is 21.6 Å². The van der Waals surface area contributed by atoms with Crippen molar-refractivity contribution < 1.29 is 4.79 Å². The van der Waals surface area contributed by atoms with Crippen molar-refractivity contribution in [2.45, 2.75) is 0 Å². The predicted octanol–water partition coefficient (Wildman–Crippen LogP) is 5.00. The fraction of sp³-hybridized carbons (Fsp3) is 0. The van der Waals surface area contributed by atoms with Gasteiger partial charge in [0.05, 0.1) is 16.6 Å². The lowest BCUT2D eigenvalue weighted by molar-refractivity contribution is 0.105. The third kappa shape index (κ3) is 3.63. The molecule has 5 heteroatoms. The fourth-order valence-electron chi connectivity index (χ4n) is 2.92. The molecule has 0 atom stereocenters. The monoisotopic (exact) mass is 386 g/mol. The van der Waals surface area contributed by atoms with Crippen molar-refractivity contribution in [3.63, 3.8) is 0 Å². The van der Waals surface area contributed by atoms with Gasteiger partial charge in [-0.1, -0.05) is 66.2 Å². The number of ketones is 1. The van der Waals surface area contributed by atoms with E-state index in [2.05, 4.69) is 9.97 Å². The second kappa shape index (κ2) is 7.62. The molecule has 1 aromatic heterocycles. The summed E-state index contributed by atoms with van der Waals surface area (Å²) in [5, 5.41) is 0.592. The molecular weight excluding hydrogens is 372 g/mol. The Hall–Kier alpha value is -3.50. The SMILES string of the molecule is O=C(/C(=C\c1ccc(Cl)cc1)c1nc2ccccc2[nH]c1=O)c1ccccc1. The molecule has 0 amide bonds. The van der Waals surface area contributed by atoms with Crippen LogP contribution in [0.2, 0.25) is 5.02 Å². The van der Waals surface area contributed by atoms with Crippen LogP contribution in [-0.2, 0) is 0 Å².